The third-order valence-electron chi connectivity index (χ3n) is 4.95. The zero-order chi connectivity index (χ0) is 19.6. The topological polar surface area (TPSA) is 58.1 Å². The number of hydrogen-bond acceptors (Lipinski definition) is 4. The van der Waals surface area contributed by atoms with Crippen molar-refractivity contribution < 1.29 is 9.47 Å². The summed E-state index contributed by atoms with van der Waals surface area (Å²) in [5, 5.41) is 6.88. The average Bonchev–Trinajstić information content (AvgIpc) is 2.77. The first-order valence-electron chi connectivity index (χ1n) is 9.74. The first-order chi connectivity index (χ1) is 13.8. The highest BCUT2D eigenvalue weighted by Gasteiger charge is 2.22. The molecule has 1 unspecified atom stereocenters. The highest BCUT2D eigenvalue weighted by molar-refractivity contribution is 14.0. The van der Waals surface area contributed by atoms with Gasteiger partial charge < -0.3 is 20.1 Å². The number of benzene rings is 2. The Kier molecular flexibility index (Phi) is 10.2. The smallest absolute Gasteiger partial charge is 0.191 e. The SMILES string of the molecule is CN=C(NCc1cccc(OC)c1)NCC(c1ccccc1)N1CCOCC1.I. The molecule has 0 saturated carbocycles. The number of hydrogen-bond donors (Lipinski definition) is 2. The summed E-state index contributed by atoms with van der Waals surface area (Å²) in [6, 6.07) is 18.9. The van der Waals surface area contributed by atoms with Crippen LogP contribution in [-0.4, -0.2) is 57.9 Å². The normalized spacial score (nSPS) is 15.9. The van der Waals surface area contributed by atoms with Crippen LogP contribution in [0.4, 0.5) is 0 Å². The van der Waals surface area contributed by atoms with Gasteiger partial charge in [-0.1, -0.05) is 42.5 Å². The van der Waals surface area contributed by atoms with Crippen LogP contribution in [0.3, 0.4) is 0 Å². The second-order valence-corrected chi connectivity index (χ2v) is 6.73. The van der Waals surface area contributed by atoms with Crippen LogP contribution in [0.2, 0.25) is 0 Å². The molecule has 0 aliphatic carbocycles. The van der Waals surface area contributed by atoms with E-state index in [2.05, 4.69) is 56.9 Å². The average molecular weight is 510 g/mol. The molecule has 0 spiro atoms. The number of ether oxygens (including phenoxy) is 2. The molecule has 0 amide bonds. The number of guanidine groups is 1. The lowest BCUT2D eigenvalue weighted by atomic mass is 10.0. The lowest BCUT2D eigenvalue weighted by Gasteiger charge is -2.35. The third kappa shape index (κ3) is 7.17. The minimum atomic E-state index is 0. The fourth-order valence-electron chi connectivity index (χ4n) is 3.40. The zero-order valence-electron chi connectivity index (χ0n) is 17.1. The van der Waals surface area contributed by atoms with E-state index in [1.807, 2.05) is 18.2 Å². The third-order valence-corrected chi connectivity index (χ3v) is 4.95. The van der Waals surface area contributed by atoms with E-state index in [0.717, 1.165) is 50.1 Å². The van der Waals surface area contributed by atoms with Crippen molar-refractivity contribution in [1.82, 2.24) is 15.5 Å². The molecule has 1 fully saturated rings. The maximum absolute atomic E-state index is 5.53. The van der Waals surface area contributed by atoms with Gasteiger partial charge in [0, 0.05) is 33.2 Å². The van der Waals surface area contributed by atoms with Crippen LogP contribution in [0, 0.1) is 0 Å². The largest absolute Gasteiger partial charge is 0.497 e. The summed E-state index contributed by atoms with van der Waals surface area (Å²) >= 11 is 0. The Hall–Kier alpha value is -1.84. The van der Waals surface area contributed by atoms with E-state index >= 15 is 0 Å². The first kappa shape index (κ1) is 23.4. The van der Waals surface area contributed by atoms with Crippen molar-refractivity contribution in [1.29, 1.82) is 0 Å². The molecule has 2 aromatic carbocycles. The Morgan fingerprint density at radius 3 is 2.55 bits per heavy atom. The Balaban J connectivity index is 0.00000300. The molecule has 3 rings (SSSR count). The molecule has 0 bridgehead atoms. The van der Waals surface area contributed by atoms with E-state index in [-0.39, 0.29) is 30.0 Å². The monoisotopic (exact) mass is 510 g/mol. The number of nitrogens with one attached hydrogen (secondary N) is 2. The molecular weight excluding hydrogens is 479 g/mol. The number of nitrogens with zero attached hydrogens (tertiary/aromatic N) is 2. The fraction of sp³-hybridized carbons (Fsp3) is 0.409. The van der Waals surface area contributed by atoms with E-state index in [1.165, 1.54) is 5.56 Å². The van der Waals surface area contributed by atoms with Gasteiger partial charge in [0.25, 0.3) is 0 Å². The minimum absolute atomic E-state index is 0. The van der Waals surface area contributed by atoms with Crippen molar-refractivity contribution in [3.05, 3.63) is 65.7 Å². The van der Waals surface area contributed by atoms with Crippen LogP contribution in [0.5, 0.6) is 5.75 Å². The van der Waals surface area contributed by atoms with Gasteiger partial charge in [-0.25, -0.2) is 0 Å². The van der Waals surface area contributed by atoms with Crippen LogP contribution in [-0.2, 0) is 11.3 Å². The summed E-state index contributed by atoms with van der Waals surface area (Å²) in [6.45, 7) is 4.92. The Morgan fingerprint density at radius 1 is 1.10 bits per heavy atom. The Morgan fingerprint density at radius 2 is 1.86 bits per heavy atom. The lowest BCUT2D eigenvalue weighted by Crippen LogP contribution is -2.46. The maximum Gasteiger partial charge on any atom is 0.191 e. The molecule has 6 nitrogen and oxygen atoms in total. The van der Waals surface area contributed by atoms with Gasteiger partial charge in [0.1, 0.15) is 5.75 Å². The van der Waals surface area contributed by atoms with Gasteiger partial charge in [0.05, 0.1) is 26.4 Å². The van der Waals surface area contributed by atoms with Crippen LogP contribution in [0.1, 0.15) is 17.2 Å². The molecule has 1 heterocycles. The molecule has 2 N–H and O–H groups in total. The molecule has 0 radical (unpaired) electrons. The summed E-state index contributed by atoms with van der Waals surface area (Å²) in [7, 11) is 3.48. The van der Waals surface area contributed by atoms with Gasteiger partial charge in [0.2, 0.25) is 0 Å². The standard InChI is InChI=1S/C22H30N4O2.HI/c1-23-22(24-16-18-7-6-10-20(15-18)27-2)25-17-21(19-8-4-3-5-9-19)26-11-13-28-14-12-26;/h3-10,15,21H,11-14,16-17H2,1-2H3,(H2,23,24,25);1H. The number of aliphatic imine (C=N–C) groups is 1. The minimum Gasteiger partial charge on any atom is -0.497 e. The maximum atomic E-state index is 5.53. The molecular formula is C22H31IN4O2. The molecule has 0 aromatic heterocycles. The molecule has 29 heavy (non-hydrogen) atoms. The van der Waals surface area contributed by atoms with Gasteiger partial charge in [-0.15, -0.1) is 24.0 Å². The van der Waals surface area contributed by atoms with E-state index < -0.39 is 0 Å². The molecule has 1 atom stereocenters. The molecule has 1 aliphatic heterocycles. The summed E-state index contributed by atoms with van der Waals surface area (Å²) in [6.07, 6.45) is 0. The number of methoxy groups -OCH3 is 1. The number of halogens is 1. The van der Waals surface area contributed by atoms with Crippen LogP contribution >= 0.6 is 24.0 Å². The second-order valence-electron chi connectivity index (χ2n) is 6.73. The van der Waals surface area contributed by atoms with E-state index in [9.17, 15) is 0 Å². The number of rotatable bonds is 7. The number of morpholine rings is 1. The van der Waals surface area contributed by atoms with Crippen molar-refractivity contribution in [3.63, 3.8) is 0 Å². The summed E-state index contributed by atoms with van der Waals surface area (Å²) in [4.78, 5) is 6.85. The predicted octanol–water partition coefficient (Wildman–Crippen LogP) is 3.05. The molecule has 7 heteroatoms. The van der Waals surface area contributed by atoms with Gasteiger partial charge in [-0.3, -0.25) is 9.89 Å². The summed E-state index contributed by atoms with van der Waals surface area (Å²) in [5.41, 5.74) is 2.45. The molecule has 158 valence electrons. The van der Waals surface area contributed by atoms with Crippen molar-refractivity contribution >= 4 is 29.9 Å². The quantitative estimate of drug-likeness (QED) is 0.341. The van der Waals surface area contributed by atoms with Crippen molar-refractivity contribution in [2.45, 2.75) is 12.6 Å². The van der Waals surface area contributed by atoms with Crippen LogP contribution in [0.25, 0.3) is 0 Å². The van der Waals surface area contributed by atoms with Gasteiger partial charge in [0.15, 0.2) is 5.96 Å². The fourth-order valence-corrected chi connectivity index (χ4v) is 3.40. The van der Waals surface area contributed by atoms with Crippen molar-refractivity contribution in [2.24, 2.45) is 4.99 Å². The van der Waals surface area contributed by atoms with Crippen LogP contribution in [0.15, 0.2) is 59.6 Å². The lowest BCUT2D eigenvalue weighted by molar-refractivity contribution is 0.0170. The predicted molar refractivity (Wildman–Crippen MR) is 128 cm³/mol. The Labute approximate surface area is 190 Å². The van der Waals surface area contributed by atoms with Gasteiger partial charge in [-0.2, -0.15) is 0 Å². The van der Waals surface area contributed by atoms with E-state index in [4.69, 9.17) is 9.47 Å². The van der Waals surface area contributed by atoms with E-state index in [0.29, 0.717) is 6.54 Å². The molecule has 1 aliphatic rings. The van der Waals surface area contributed by atoms with Crippen LogP contribution < -0.4 is 15.4 Å². The zero-order valence-corrected chi connectivity index (χ0v) is 19.5. The van der Waals surface area contributed by atoms with Gasteiger partial charge in [-0.05, 0) is 23.3 Å². The molecule has 2 aromatic rings. The Bertz CT molecular complexity index is 751. The summed E-state index contributed by atoms with van der Waals surface area (Å²) in [5.74, 6) is 1.65. The first-order valence-corrected chi connectivity index (χ1v) is 9.74. The summed E-state index contributed by atoms with van der Waals surface area (Å²) < 4.78 is 10.8. The highest BCUT2D eigenvalue weighted by atomic mass is 127. The highest BCUT2D eigenvalue weighted by Crippen LogP contribution is 2.21. The van der Waals surface area contributed by atoms with Crippen molar-refractivity contribution in [2.75, 3.05) is 47.0 Å². The second kappa shape index (κ2) is 12.7. The van der Waals surface area contributed by atoms with E-state index in [1.54, 1.807) is 14.2 Å². The van der Waals surface area contributed by atoms with Gasteiger partial charge >= 0.3 is 0 Å². The van der Waals surface area contributed by atoms with Crippen molar-refractivity contribution in [3.8, 4) is 5.75 Å². The molecule has 1 saturated heterocycles.